The zero-order chi connectivity index (χ0) is 13.8. The maximum atomic E-state index is 11.9. The first kappa shape index (κ1) is 13.5. The molecule has 0 saturated carbocycles. The maximum absolute atomic E-state index is 11.9. The average molecular weight is 265 g/mol. The number of aliphatic hydroxyl groups excluding tert-OH is 1. The molecule has 1 fully saturated rings. The van der Waals surface area contributed by atoms with Crippen LogP contribution in [0.15, 0.2) is 24.3 Å². The first-order valence-electron chi connectivity index (χ1n) is 5.99. The molecule has 6 heteroatoms. The number of hydrogen-bond donors (Lipinski definition) is 3. The molecule has 102 valence electrons. The molecule has 0 radical (unpaired) electrons. The molecule has 19 heavy (non-hydrogen) atoms. The molecule has 1 amide bonds. The van der Waals surface area contributed by atoms with Gasteiger partial charge in [0.25, 0.3) is 5.91 Å². The van der Waals surface area contributed by atoms with Crippen LogP contribution in [-0.4, -0.2) is 34.3 Å². The predicted octanol–water partition coefficient (Wildman–Crippen LogP) is 0.750. The number of carboxylic acids is 1. The van der Waals surface area contributed by atoms with Crippen LogP contribution in [0.4, 0.5) is 5.69 Å². The number of carboxylic acid groups (broad SMARTS) is 1. The van der Waals surface area contributed by atoms with E-state index in [9.17, 15) is 9.59 Å². The van der Waals surface area contributed by atoms with Crippen LogP contribution in [0.2, 0.25) is 0 Å². The van der Waals surface area contributed by atoms with Gasteiger partial charge in [-0.1, -0.05) is 12.1 Å². The summed E-state index contributed by atoms with van der Waals surface area (Å²) < 4.78 is 5.15. The van der Waals surface area contributed by atoms with Crippen LogP contribution in [0.5, 0.6) is 0 Å². The minimum atomic E-state index is -1.04. The van der Waals surface area contributed by atoms with Gasteiger partial charge in [0.05, 0.1) is 6.61 Å². The normalized spacial score (nSPS) is 22.2. The molecule has 2 rings (SSSR count). The van der Waals surface area contributed by atoms with Crippen LogP contribution in [-0.2, 0) is 20.9 Å². The average Bonchev–Trinajstić information content (AvgIpc) is 2.89. The number of rotatable bonds is 4. The third-order valence-electron chi connectivity index (χ3n) is 2.99. The zero-order valence-corrected chi connectivity index (χ0v) is 10.2. The van der Waals surface area contributed by atoms with E-state index in [0.717, 1.165) is 5.56 Å². The fourth-order valence-corrected chi connectivity index (χ4v) is 1.93. The maximum Gasteiger partial charge on any atom is 0.332 e. The third-order valence-corrected chi connectivity index (χ3v) is 2.99. The van der Waals surface area contributed by atoms with E-state index in [0.29, 0.717) is 18.5 Å². The molecule has 1 aliphatic heterocycles. The van der Waals surface area contributed by atoms with Gasteiger partial charge in [-0.05, 0) is 30.5 Å². The molecule has 2 unspecified atom stereocenters. The van der Waals surface area contributed by atoms with E-state index in [4.69, 9.17) is 14.9 Å². The van der Waals surface area contributed by atoms with E-state index in [1.807, 2.05) is 0 Å². The lowest BCUT2D eigenvalue weighted by Gasteiger charge is -2.12. The lowest BCUT2D eigenvalue weighted by Crippen LogP contribution is -2.29. The lowest BCUT2D eigenvalue weighted by atomic mass is 10.1. The van der Waals surface area contributed by atoms with Gasteiger partial charge in [0, 0.05) is 5.69 Å². The molecule has 1 aromatic rings. The van der Waals surface area contributed by atoms with E-state index >= 15 is 0 Å². The highest BCUT2D eigenvalue weighted by molar-refractivity contribution is 5.94. The Balaban J connectivity index is 1.92. The van der Waals surface area contributed by atoms with E-state index in [-0.39, 0.29) is 12.5 Å². The van der Waals surface area contributed by atoms with Gasteiger partial charge in [-0.25, -0.2) is 4.79 Å². The molecule has 0 bridgehead atoms. The summed E-state index contributed by atoms with van der Waals surface area (Å²) in [5.41, 5.74) is 1.34. The SMILES string of the molecule is O=C(O)C1CCC(C(=O)Nc2ccc(CO)cc2)O1. The first-order valence-corrected chi connectivity index (χ1v) is 5.99. The van der Waals surface area contributed by atoms with Crippen LogP contribution >= 0.6 is 0 Å². The minimum absolute atomic E-state index is 0.0553. The Morgan fingerprint density at radius 3 is 2.37 bits per heavy atom. The van der Waals surface area contributed by atoms with Crippen molar-refractivity contribution in [1.29, 1.82) is 0 Å². The number of ether oxygens (including phenoxy) is 1. The van der Waals surface area contributed by atoms with Crippen LogP contribution in [0.3, 0.4) is 0 Å². The highest BCUT2D eigenvalue weighted by atomic mass is 16.5. The van der Waals surface area contributed by atoms with Crippen LogP contribution < -0.4 is 5.32 Å². The second-order valence-corrected chi connectivity index (χ2v) is 4.37. The largest absolute Gasteiger partial charge is 0.479 e. The summed E-state index contributed by atoms with van der Waals surface area (Å²) in [6.45, 7) is -0.0553. The van der Waals surface area contributed by atoms with Gasteiger partial charge < -0.3 is 20.3 Å². The number of amides is 1. The Bertz CT molecular complexity index is 470. The van der Waals surface area contributed by atoms with Crippen molar-refractivity contribution in [3.63, 3.8) is 0 Å². The number of benzene rings is 1. The molecule has 0 aromatic heterocycles. The molecule has 1 aliphatic rings. The van der Waals surface area contributed by atoms with E-state index < -0.39 is 18.2 Å². The van der Waals surface area contributed by atoms with E-state index in [1.165, 1.54) is 0 Å². The highest BCUT2D eigenvalue weighted by Crippen LogP contribution is 2.21. The van der Waals surface area contributed by atoms with Crippen molar-refractivity contribution in [2.24, 2.45) is 0 Å². The van der Waals surface area contributed by atoms with Gasteiger partial charge in [0.1, 0.15) is 6.10 Å². The fraction of sp³-hybridized carbons (Fsp3) is 0.385. The second kappa shape index (κ2) is 5.81. The molecular formula is C13H15NO5. The lowest BCUT2D eigenvalue weighted by molar-refractivity contribution is -0.150. The summed E-state index contributed by atoms with van der Waals surface area (Å²) in [4.78, 5) is 22.6. The second-order valence-electron chi connectivity index (χ2n) is 4.37. The standard InChI is InChI=1S/C13H15NO5/c15-7-8-1-3-9(4-2-8)14-12(16)10-5-6-11(19-10)13(17)18/h1-4,10-11,15H,5-7H2,(H,14,16)(H,17,18). The Morgan fingerprint density at radius 1 is 1.21 bits per heavy atom. The van der Waals surface area contributed by atoms with Gasteiger partial charge in [-0.3, -0.25) is 4.79 Å². The van der Waals surface area contributed by atoms with Gasteiger partial charge >= 0.3 is 5.97 Å². The quantitative estimate of drug-likeness (QED) is 0.746. The monoisotopic (exact) mass is 265 g/mol. The zero-order valence-electron chi connectivity index (χ0n) is 10.2. The number of aliphatic carboxylic acids is 1. The smallest absolute Gasteiger partial charge is 0.332 e. The summed E-state index contributed by atoms with van der Waals surface area (Å²) in [5, 5.41) is 20.3. The summed E-state index contributed by atoms with van der Waals surface area (Å²) in [7, 11) is 0. The number of anilines is 1. The van der Waals surface area contributed by atoms with Gasteiger partial charge in [0.2, 0.25) is 0 Å². The molecule has 1 aromatic carbocycles. The third kappa shape index (κ3) is 3.30. The predicted molar refractivity (Wildman–Crippen MR) is 66.5 cm³/mol. The fourth-order valence-electron chi connectivity index (χ4n) is 1.93. The van der Waals surface area contributed by atoms with E-state index in [1.54, 1.807) is 24.3 Å². The van der Waals surface area contributed by atoms with Crippen LogP contribution in [0.1, 0.15) is 18.4 Å². The van der Waals surface area contributed by atoms with E-state index in [2.05, 4.69) is 5.32 Å². The van der Waals surface area contributed by atoms with Crippen molar-refractivity contribution in [3.8, 4) is 0 Å². The summed E-state index contributed by atoms with van der Waals surface area (Å²) in [5.74, 6) is -1.39. The highest BCUT2D eigenvalue weighted by Gasteiger charge is 2.34. The molecule has 1 heterocycles. The number of aliphatic hydroxyl groups is 1. The van der Waals surface area contributed by atoms with Crippen molar-refractivity contribution in [2.45, 2.75) is 31.7 Å². The Hall–Kier alpha value is -1.92. The molecule has 3 N–H and O–H groups in total. The minimum Gasteiger partial charge on any atom is -0.479 e. The van der Waals surface area contributed by atoms with Gasteiger partial charge in [-0.15, -0.1) is 0 Å². The molecule has 0 spiro atoms. The number of nitrogens with one attached hydrogen (secondary N) is 1. The molecule has 1 saturated heterocycles. The Labute approximate surface area is 110 Å². The first-order chi connectivity index (χ1) is 9.10. The van der Waals surface area contributed by atoms with Crippen molar-refractivity contribution in [1.82, 2.24) is 0 Å². The Morgan fingerprint density at radius 2 is 1.84 bits per heavy atom. The number of carbonyl (C=O) groups excluding carboxylic acids is 1. The van der Waals surface area contributed by atoms with Crippen molar-refractivity contribution in [2.75, 3.05) is 5.32 Å². The van der Waals surface area contributed by atoms with Gasteiger partial charge in [-0.2, -0.15) is 0 Å². The summed E-state index contributed by atoms with van der Waals surface area (Å²) in [6.07, 6.45) is -0.875. The molecule has 6 nitrogen and oxygen atoms in total. The summed E-state index contributed by atoms with van der Waals surface area (Å²) >= 11 is 0. The number of carbonyl (C=O) groups is 2. The van der Waals surface area contributed by atoms with Crippen molar-refractivity contribution >= 4 is 17.6 Å². The van der Waals surface area contributed by atoms with Crippen molar-refractivity contribution < 1.29 is 24.5 Å². The van der Waals surface area contributed by atoms with Crippen molar-refractivity contribution in [3.05, 3.63) is 29.8 Å². The Kier molecular flexibility index (Phi) is 4.13. The van der Waals surface area contributed by atoms with Crippen LogP contribution in [0.25, 0.3) is 0 Å². The summed E-state index contributed by atoms with van der Waals surface area (Å²) in [6, 6.07) is 6.75. The van der Waals surface area contributed by atoms with Crippen LogP contribution in [0, 0.1) is 0 Å². The molecule has 0 aliphatic carbocycles. The molecule has 2 atom stereocenters. The molecular weight excluding hydrogens is 250 g/mol. The topological polar surface area (TPSA) is 95.9 Å². The number of hydrogen-bond acceptors (Lipinski definition) is 4. The van der Waals surface area contributed by atoms with Gasteiger partial charge in [0.15, 0.2) is 6.10 Å².